The van der Waals surface area contributed by atoms with Crippen molar-refractivity contribution < 1.29 is 66.2 Å². The van der Waals surface area contributed by atoms with Gasteiger partial charge in [0.2, 0.25) is 0 Å². The summed E-state index contributed by atoms with van der Waals surface area (Å²) in [5.74, 6) is 0. The van der Waals surface area contributed by atoms with E-state index in [1.807, 2.05) is 0 Å². The molecule has 0 radical (unpaired) electrons. The van der Waals surface area contributed by atoms with Crippen LogP contribution in [0.2, 0.25) is 0 Å². The van der Waals surface area contributed by atoms with Crippen LogP contribution in [0.5, 0.6) is 0 Å². The van der Waals surface area contributed by atoms with Gasteiger partial charge in [0, 0.05) is 0 Å². The summed E-state index contributed by atoms with van der Waals surface area (Å²) in [6.45, 7) is 0. The maximum absolute atomic E-state index is 6.00. The van der Waals surface area contributed by atoms with Crippen LogP contribution in [-0.2, 0) is 0 Å². The molecular weight excluding hydrogens is 208 g/mol. The van der Waals surface area contributed by atoms with Gasteiger partial charge in [0.15, 0.2) is 0 Å². The number of hydrogen-bond donors (Lipinski definition) is 2. The zero-order valence-electron chi connectivity index (χ0n) is 5.60. The summed E-state index contributed by atoms with van der Waals surface area (Å²) in [5, 5.41) is 12.0. The van der Waals surface area contributed by atoms with E-state index in [0.717, 1.165) is 0 Å². The van der Waals surface area contributed by atoms with Crippen molar-refractivity contribution in [3.63, 3.8) is 0 Å². The van der Waals surface area contributed by atoms with Crippen LogP contribution in [0.25, 0.3) is 0 Å². The Morgan fingerprint density at radius 2 is 1.25 bits per heavy atom. The van der Waals surface area contributed by atoms with E-state index in [1.54, 1.807) is 0 Å². The largest absolute Gasteiger partial charge is 2.00 e. The van der Waals surface area contributed by atoms with E-state index in [-0.39, 0.29) is 105 Å². The summed E-state index contributed by atoms with van der Waals surface area (Å²) in [6, 6.07) is 0. The predicted molar refractivity (Wildman–Crippen MR) is 14.3 cm³/mol. The first-order valence-corrected chi connectivity index (χ1v) is 0.200. The minimum atomic E-state index is 0. The normalized spacial score (nSPS) is 1.50. The van der Waals surface area contributed by atoms with Crippen LogP contribution in [0.3, 0.4) is 0 Å². The topological polar surface area (TPSA) is 40.5 Å². The van der Waals surface area contributed by atoms with Crippen LogP contribution in [0, 0.1) is 0 Å². The van der Waals surface area contributed by atoms with Crippen LogP contribution in [0.1, 0.15) is 4.28 Å². The predicted octanol–water partition coefficient (Wildman–Crippen LogP) is -3.02. The smallest absolute Gasteiger partial charge is 1.00 e. The first-order valence-electron chi connectivity index (χ1n) is 0.200. The Hall–Kier alpha value is 3.13. The van der Waals surface area contributed by atoms with Crippen LogP contribution in [0.15, 0.2) is 0 Å². The van der Waals surface area contributed by atoms with E-state index in [9.17, 15) is 0 Å². The molecule has 2 nitrogen and oxygen atoms in total. The number of rotatable bonds is 0. The summed E-state index contributed by atoms with van der Waals surface area (Å²) < 4.78 is 0. The Labute approximate surface area is 112 Å². The Kier molecular flexibility index (Phi) is 64.7. The van der Waals surface area contributed by atoms with Gasteiger partial charge in [0.05, 0.1) is 0 Å². The average Bonchev–Trinajstić information content (AvgIpc) is 1.00. The first-order chi connectivity index (χ1) is 1.00. The molecule has 0 aliphatic carbocycles. The molecule has 2 N–H and O–H groups in total. The maximum Gasteiger partial charge on any atom is 2.00 e. The van der Waals surface area contributed by atoms with Crippen LogP contribution < -0.4 is 51.4 Å². The molecule has 4 heavy (non-hydrogen) atoms. The molecule has 0 rings (SSSR count). The fourth-order valence-corrected chi connectivity index (χ4v) is 0. The Balaban J connectivity index is -0.000000000500. The van der Waals surface area contributed by atoms with Gasteiger partial charge < -0.3 is 4.28 Å². The van der Waals surface area contributed by atoms with E-state index >= 15 is 0 Å². The zero-order chi connectivity index (χ0) is 2.00. The van der Waals surface area contributed by atoms with Crippen molar-refractivity contribution >= 4 is 48.9 Å². The Morgan fingerprint density at radius 3 is 1.25 bits per heavy atom. The molecule has 0 amide bonds. The zero-order valence-corrected chi connectivity index (χ0v) is 10.2. The maximum atomic E-state index is 6.00. The van der Waals surface area contributed by atoms with Crippen molar-refractivity contribution in [3.05, 3.63) is 0 Å². The molecule has 0 bridgehead atoms. The fraction of sp³-hybridized carbons (Fsp3) is 0. The van der Waals surface area contributed by atoms with Crippen molar-refractivity contribution in [1.82, 2.24) is 0 Å². The Bertz CT molecular complexity index is 12.9. The van der Waals surface area contributed by atoms with E-state index in [0.29, 0.717) is 0 Å². The van der Waals surface area contributed by atoms with Crippen LogP contribution in [-0.4, -0.2) is 59.4 Å². The third-order valence-electron chi connectivity index (χ3n) is 0. The second-order valence-corrected chi connectivity index (χ2v) is 0. The summed E-state index contributed by atoms with van der Waals surface area (Å²) >= 11 is 0. The first kappa shape index (κ1) is 15.7. The molecule has 0 heterocycles. The molecule has 20 valence electrons. The second-order valence-electron chi connectivity index (χ2n) is 0. The molecule has 0 fully saturated rings. The Morgan fingerprint density at radius 1 is 1.25 bits per heavy atom. The van der Waals surface area contributed by atoms with Crippen molar-refractivity contribution in [1.29, 1.82) is 0 Å². The third-order valence-corrected chi connectivity index (χ3v) is 0. The summed E-state index contributed by atoms with van der Waals surface area (Å²) in [6.07, 6.45) is 0. The molecule has 0 aromatic carbocycles. The van der Waals surface area contributed by atoms with Crippen molar-refractivity contribution in [2.24, 2.45) is 0 Å². The van der Waals surface area contributed by atoms with Gasteiger partial charge in [-0.2, -0.15) is 0 Å². The molecule has 0 saturated heterocycles. The molecule has 0 spiro atoms. The summed E-state index contributed by atoms with van der Waals surface area (Å²) in [7, 11) is 0. The van der Waals surface area contributed by atoms with Gasteiger partial charge in [-0.25, -0.2) is 0 Å². The molecule has 0 saturated carbocycles. The summed E-state index contributed by atoms with van der Waals surface area (Å²) in [4.78, 5) is 0. The van der Waals surface area contributed by atoms with Gasteiger partial charge in [0.25, 0.3) is 0 Å². The SMILES string of the molecule is OO.[Ba+2].[H-].[H-].[H-].[K+]. The van der Waals surface area contributed by atoms with Gasteiger partial charge >= 0.3 is 100 Å². The average molecular weight is 213 g/mol. The van der Waals surface area contributed by atoms with E-state index in [4.69, 9.17) is 10.5 Å². The van der Waals surface area contributed by atoms with Gasteiger partial charge in [-0.15, -0.1) is 0 Å². The molecular formula is H5BaKO2. The van der Waals surface area contributed by atoms with Crippen molar-refractivity contribution in [2.75, 3.05) is 0 Å². The minimum Gasteiger partial charge on any atom is -1.00 e. The molecule has 0 aliphatic rings. The van der Waals surface area contributed by atoms with Crippen LogP contribution in [0.4, 0.5) is 0 Å². The van der Waals surface area contributed by atoms with E-state index < -0.39 is 0 Å². The fourth-order valence-electron chi connectivity index (χ4n) is 0. The second kappa shape index (κ2) is 16.5. The molecule has 0 aliphatic heterocycles. The van der Waals surface area contributed by atoms with E-state index in [2.05, 4.69) is 0 Å². The van der Waals surface area contributed by atoms with Crippen LogP contribution >= 0.6 is 0 Å². The van der Waals surface area contributed by atoms with Crippen molar-refractivity contribution in [3.8, 4) is 0 Å². The quantitative estimate of drug-likeness (QED) is 0.255. The monoisotopic (exact) mass is 214 g/mol. The van der Waals surface area contributed by atoms with Gasteiger partial charge in [-0.05, 0) is 0 Å². The van der Waals surface area contributed by atoms with Gasteiger partial charge in [0.1, 0.15) is 0 Å². The minimum absolute atomic E-state index is 0. The molecule has 0 aromatic heterocycles. The van der Waals surface area contributed by atoms with Gasteiger partial charge in [-0.3, -0.25) is 10.5 Å². The number of hydrogen-bond acceptors (Lipinski definition) is 2. The molecule has 0 atom stereocenters. The van der Waals surface area contributed by atoms with Crippen molar-refractivity contribution in [2.45, 2.75) is 0 Å². The standard InChI is InChI=1S/Ba.K.H2O2.3H/c;;1-2;;;/h;;1-2H;;;/q+2;+1;;3*-1. The molecule has 0 unspecified atom stereocenters. The summed E-state index contributed by atoms with van der Waals surface area (Å²) in [5.41, 5.74) is 0. The van der Waals surface area contributed by atoms with E-state index in [1.165, 1.54) is 0 Å². The molecule has 4 heteroatoms. The third kappa shape index (κ3) is 8.93. The van der Waals surface area contributed by atoms with Gasteiger partial charge in [-0.1, -0.05) is 0 Å². The molecule has 0 aromatic rings.